The van der Waals surface area contributed by atoms with Gasteiger partial charge < -0.3 is 29.6 Å². The molecule has 2 bridgehead atoms. The number of phenolic OH excluding ortho intramolecular Hbond substituents is 1. The van der Waals surface area contributed by atoms with E-state index >= 15 is 0 Å². The second-order valence-electron chi connectivity index (χ2n) is 12.5. The number of likely N-dealkylation sites (tertiary alicyclic amines) is 1. The van der Waals surface area contributed by atoms with Gasteiger partial charge in [-0.25, -0.2) is 9.37 Å². The van der Waals surface area contributed by atoms with Crippen LogP contribution < -0.4 is 10.5 Å². The number of methoxy groups -OCH3 is 1. The van der Waals surface area contributed by atoms with E-state index < -0.39 is 5.82 Å². The number of carbonyl (C=O) groups excluding carboxylic acids is 1. The number of phenols is 1. The van der Waals surface area contributed by atoms with E-state index in [2.05, 4.69) is 22.8 Å². The smallest absolute Gasteiger partial charge is 0.254 e. The van der Waals surface area contributed by atoms with Gasteiger partial charge in [0.05, 0.1) is 18.3 Å². The third-order valence-corrected chi connectivity index (χ3v) is 9.87. The molecule has 3 aliphatic rings. The van der Waals surface area contributed by atoms with Gasteiger partial charge in [-0.3, -0.25) is 4.79 Å². The minimum atomic E-state index is -0.641. The lowest BCUT2D eigenvalue weighted by molar-refractivity contribution is 0.0700. The first-order valence-electron chi connectivity index (χ1n) is 15.0. The van der Waals surface area contributed by atoms with Gasteiger partial charge in [-0.05, 0) is 85.0 Å². The van der Waals surface area contributed by atoms with Gasteiger partial charge in [-0.15, -0.1) is 0 Å². The number of aromatic nitrogens is 3. The maximum absolute atomic E-state index is 14.2. The number of hydrogen-bond donors (Lipinski definition) is 2. The molecule has 2 unspecified atom stereocenters. The lowest BCUT2D eigenvalue weighted by atomic mass is 10.0. The summed E-state index contributed by atoms with van der Waals surface area (Å²) in [5.41, 5.74) is 12.1. The Morgan fingerprint density at radius 3 is 2.56 bits per heavy atom. The lowest BCUT2D eigenvalue weighted by Crippen LogP contribution is -2.41. The van der Waals surface area contributed by atoms with Crippen molar-refractivity contribution >= 4 is 27.8 Å². The average Bonchev–Trinajstić information content (AvgIpc) is 3.42. The Bertz CT molecular complexity index is 1940. The molecule has 3 fully saturated rings. The summed E-state index contributed by atoms with van der Waals surface area (Å²) in [4.78, 5) is 20.7. The highest BCUT2D eigenvalue weighted by Gasteiger charge is 2.47. The number of amides is 1. The van der Waals surface area contributed by atoms with Crippen LogP contribution in [0.5, 0.6) is 11.5 Å². The Balaban J connectivity index is 1.24. The second-order valence-corrected chi connectivity index (χ2v) is 12.5. The molecular weight excluding hydrogens is 545 g/mol. The molecule has 3 atom stereocenters. The van der Waals surface area contributed by atoms with Crippen molar-refractivity contribution in [3.05, 3.63) is 66.0 Å². The van der Waals surface area contributed by atoms with Crippen molar-refractivity contribution in [2.24, 2.45) is 24.6 Å². The van der Waals surface area contributed by atoms with Crippen molar-refractivity contribution in [3.8, 4) is 34.1 Å². The van der Waals surface area contributed by atoms with Crippen LogP contribution >= 0.6 is 0 Å². The van der Waals surface area contributed by atoms with Gasteiger partial charge in [-0.2, -0.15) is 0 Å². The molecule has 1 aliphatic heterocycles. The van der Waals surface area contributed by atoms with E-state index in [1.807, 2.05) is 34.7 Å². The van der Waals surface area contributed by atoms with Gasteiger partial charge in [0.1, 0.15) is 11.3 Å². The Morgan fingerprint density at radius 2 is 1.86 bits per heavy atom. The van der Waals surface area contributed by atoms with Gasteiger partial charge in [0.2, 0.25) is 0 Å². The van der Waals surface area contributed by atoms with Gasteiger partial charge in [0.15, 0.2) is 17.4 Å². The van der Waals surface area contributed by atoms with Crippen LogP contribution in [0.1, 0.15) is 36.0 Å². The number of piperidine rings is 1. The van der Waals surface area contributed by atoms with E-state index in [1.54, 1.807) is 13.2 Å². The van der Waals surface area contributed by atoms with Crippen molar-refractivity contribution in [1.29, 1.82) is 0 Å². The van der Waals surface area contributed by atoms with Crippen LogP contribution in [0.25, 0.3) is 44.6 Å². The number of ether oxygens (including phenoxy) is 1. The molecule has 8 nitrogen and oxygen atoms in total. The monoisotopic (exact) mass is 579 g/mol. The first-order chi connectivity index (χ1) is 20.8. The van der Waals surface area contributed by atoms with Gasteiger partial charge in [0.25, 0.3) is 5.91 Å². The molecule has 2 saturated carbocycles. The maximum atomic E-state index is 14.2. The van der Waals surface area contributed by atoms with Crippen LogP contribution in [-0.2, 0) is 13.6 Å². The van der Waals surface area contributed by atoms with Crippen LogP contribution in [0.2, 0.25) is 0 Å². The molecule has 2 aromatic heterocycles. The largest absolute Gasteiger partial charge is 0.505 e. The van der Waals surface area contributed by atoms with Crippen molar-refractivity contribution in [1.82, 2.24) is 19.0 Å². The number of aryl methyl sites for hydroxylation is 1. The molecule has 220 valence electrons. The van der Waals surface area contributed by atoms with E-state index in [4.69, 9.17) is 15.5 Å². The summed E-state index contributed by atoms with van der Waals surface area (Å²) in [5.74, 6) is 1.35. The molecule has 0 spiro atoms. The number of aromatic hydroxyl groups is 1. The Kier molecular flexibility index (Phi) is 5.85. The zero-order valence-corrected chi connectivity index (χ0v) is 24.3. The second kappa shape index (κ2) is 9.57. The highest BCUT2D eigenvalue weighted by atomic mass is 19.1. The lowest BCUT2D eigenvalue weighted by Gasteiger charge is -2.27. The normalized spacial score (nSPS) is 21.4. The molecular formula is C34H34FN5O3. The quantitative estimate of drug-likeness (QED) is 0.270. The number of halogens is 1. The summed E-state index contributed by atoms with van der Waals surface area (Å²) < 4.78 is 24.4. The summed E-state index contributed by atoms with van der Waals surface area (Å²) in [5, 5.41) is 10.7. The van der Waals surface area contributed by atoms with Crippen molar-refractivity contribution < 1.29 is 19.0 Å². The predicted octanol–water partition coefficient (Wildman–Crippen LogP) is 5.69. The van der Waals surface area contributed by atoms with Crippen LogP contribution in [0.4, 0.5) is 4.39 Å². The molecule has 9 heteroatoms. The first kappa shape index (κ1) is 26.3. The number of nitrogens with zero attached hydrogens (tertiary/aromatic N) is 4. The highest BCUT2D eigenvalue weighted by molar-refractivity contribution is 6.00. The number of carbonyl (C=O) groups is 1. The van der Waals surface area contributed by atoms with E-state index in [1.165, 1.54) is 25.0 Å². The zero-order chi connectivity index (χ0) is 29.6. The molecule has 2 aliphatic carbocycles. The summed E-state index contributed by atoms with van der Waals surface area (Å²) >= 11 is 0. The molecule has 1 saturated heterocycles. The van der Waals surface area contributed by atoms with Crippen molar-refractivity contribution in [2.75, 3.05) is 13.7 Å². The summed E-state index contributed by atoms with van der Waals surface area (Å²) in [7, 11) is 3.61. The molecule has 8 rings (SSSR count). The Morgan fingerprint density at radius 1 is 1.07 bits per heavy atom. The van der Waals surface area contributed by atoms with E-state index in [-0.39, 0.29) is 23.7 Å². The summed E-state index contributed by atoms with van der Waals surface area (Å²) in [6.07, 6.45) is 4.42. The molecule has 3 aromatic carbocycles. The molecule has 3 N–H and O–H groups in total. The highest BCUT2D eigenvalue weighted by Crippen LogP contribution is 2.41. The third kappa shape index (κ3) is 4.12. The standard InChI is InChI=1S/C34H34FN5O3/c1-38-32-25(12-23(15-30(32)43-2)34(42)40-17-22-7-9-26(40)31(22)36)37-33(38)28-14-21-6-5-20(19-8-10-29(41)24(35)11-19)13-27(21)39(28)16-18-3-4-18/h5-6,8,10-15,18,22,26,31,41H,3-4,7,9,16-17,36H2,1-2H3/t22?,26?,31-/m1/s1. The van der Waals surface area contributed by atoms with Crippen LogP contribution in [0.15, 0.2) is 54.6 Å². The molecule has 5 aromatic rings. The Hall–Kier alpha value is -4.37. The first-order valence-corrected chi connectivity index (χ1v) is 15.0. The third-order valence-electron chi connectivity index (χ3n) is 9.87. The van der Waals surface area contributed by atoms with E-state index in [9.17, 15) is 14.3 Å². The number of nitrogens with two attached hydrogens (primary N) is 1. The van der Waals surface area contributed by atoms with Gasteiger partial charge in [-0.1, -0.05) is 18.2 Å². The number of hydrogen-bond acceptors (Lipinski definition) is 5. The van der Waals surface area contributed by atoms with E-state index in [0.29, 0.717) is 40.8 Å². The molecule has 43 heavy (non-hydrogen) atoms. The topological polar surface area (TPSA) is 98.5 Å². The minimum absolute atomic E-state index is 0.0175. The van der Waals surface area contributed by atoms with Crippen LogP contribution in [-0.4, -0.2) is 55.8 Å². The van der Waals surface area contributed by atoms with E-state index in [0.717, 1.165) is 52.9 Å². The Labute approximate surface area is 248 Å². The zero-order valence-electron chi connectivity index (χ0n) is 24.3. The fourth-order valence-electron chi connectivity index (χ4n) is 7.33. The van der Waals surface area contributed by atoms with Crippen LogP contribution in [0, 0.1) is 17.7 Å². The number of fused-ring (bicyclic) bond motifs is 4. The SMILES string of the molecule is COc1cc(C(=O)N2CC3CCC2[C@@H]3N)cc2nc(-c3cc4ccc(-c5ccc(O)c(F)c5)cc4n3CC3CC3)n(C)c12. The number of benzene rings is 3. The van der Waals surface area contributed by atoms with Gasteiger partial charge >= 0.3 is 0 Å². The summed E-state index contributed by atoms with van der Waals surface area (Å²) in [6.45, 7) is 1.56. The average molecular weight is 580 g/mol. The molecule has 1 amide bonds. The fourth-order valence-corrected chi connectivity index (χ4v) is 7.33. The molecule has 0 radical (unpaired) electrons. The number of rotatable bonds is 6. The minimum Gasteiger partial charge on any atom is -0.505 e. The summed E-state index contributed by atoms with van der Waals surface area (Å²) in [6, 6.07) is 16.6. The maximum Gasteiger partial charge on any atom is 0.254 e. The number of imidazole rings is 1. The van der Waals surface area contributed by atoms with Gasteiger partial charge in [0, 0.05) is 48.7 Å². The van der Waals surface area contributed by atoms with Crippen molar-refractivity contribution in [3.63, 3.8) is 0 Å². The van der Waals surface area contributed by atoms with Crippen molar-refractivity contribution in [2.45, 2.75) is 44.3 Å². The predicted molar refractivity (Wildman–Crippen MR) is 164 cm³/mol. The molecule has 3 heterocycles. The fraction of sp³-hybridized carbons (Fsp3) is 0.353. The van der Waals surface area contributed by atoms with Crippen LogP contribution in [0.3, 0.4) is 0 Å².